The van der Waals surface area contributed by atoms with Crippen LogP contribution in [0.1, 0.15) is 25.3 Å². The lowest BCUT2D eigenvalue weighted by Gasteiger charge is -2.31. The minimum atomic E-state index is 0.694. The van der Waals surface area contributed by atoms with E-state index in [1.807, 2.05) is 12.1 Å². The molecule has 0 bridgehead atoms. The Bertz CT molecular complexity index is 459. The van der Waals surface area contributed by atoms with Crippen LogP contribution >= 0.6 is 0 Å². The summed E-state index contributed by atoms with van der Waals surface area (Å²) in [5.74, 6) is 2.31. The molecule has 2 N–H and O–H groups in total. The van der Waals surface area contributed by atoms with Crippen molar-refractivity contribution in [3.05, 3.63) is 29.8 Å². The van der Waals surface area contributed by atoms with Gasteiger partial charge in [-0.3, -0.25) is 4.99 Å². The van der Waals surface area contributed by atoms with Crippen molar-refractivity contribution in [2.24, 2.45) is 16.6 Å². The average Bonchev–Trinajstić information content (AvgIpc) is 2.47. The van der Waals surface area contributed by atoms with Gasteiger partial charge in [-0.1, -0.05) is 19.1 Å². The quantitative estimate of drug-likeness (QED) is 0.677. The van der Waals surface area contributed by atoms with Gasteiger partial charge in [0, 0.05) is 19.6 Å². The number of piperidine rings is 1. The minimum Gasteiger partial charge on any atom is -0.497 e. The van der Waals surface area contributed by atoms with Crippen LogP contribution in [0.4, 0.5) is 0 Å². The van der Waals surface area contributed by atoms with E-state index in [-0.39, 0.29) is 0 Å². The van der Waals surface area contributed by atoms with Gasteiger partial charge in [-0.2, -0.15) is 0 Å². The molecule has 0 aromatic heterocycles. The molecule has 1 aliphatic heterocycles. The zero-order chi connectivity index (χ0) is 14.4. The SMILES string of the molecule is COc1cccc(CCN=C(N)N2CCCC(C)C2)c1. The number of hydrogen-bond acceptors (Lipinski definition) is 2. The summed E-state index contributed by atoms with van der Waals surface area (Å²) in [4.78, 5) is 6.72. The highest BCUT2D eigenvalue weighted by atomic mass is 16.5. The van der Waals surface area contributed by atoms with E-state index in [4.69, 9.17) is 10.5 Å². The second-order valence-corrected chi connectivity index (χ2v) is 5.53. The number of aliphatic imine (C=N–C) groups is 1. The van der Waals surface area contributed by atoms with Gasteiger partial charge in [0.15, 0.2) is 5.96 Å². The second kappa shape index (κ2) is 7.17. The average molecular weight is 275 g/mol. The molecule has 1 heterocycles. The Morgan fingerprint density at radius 3 is 3.10 bits per heavy atom. The molecule has 20 heavy (non-hydrogen) atoms. The maximum absolute atomic E-state index is 6.08. The van der Waals surface area contributed by atoms with Crippen LogP contribution in [0.25, 0.3) is 0 Å². The molecule has 0 radical (unpaired) electrons. The Balaban J connectivity index is 1.85. The summed E-state index contributed by atoms with van der Waals surface area (Å²) in [6.45, 7) is 5.08. The Labute approximate surface area is 121 Å². The van der Waals surface area contributed by atoms with Crippen LogP contribution < -0.4 is 10.5 Å². The van der Waals surface area contributed by atoms with E-state index in [2.05, 4.69) is 28.9 Å². The molecule has 1 aromatic rings. The van der Waals surface area contributed by atoms with Crippen molar-refractivity contribution >= 4 is 5.96 Å². The van der Waals surface area contributed by atoms with Crippen LogP contribution in [-0.2, 0) is 6.42 Å². The van der Waals surface area contributed by atoms with Gasteiger partial charge in [0.2, 0.25) is 0 Å². The van der Waals surface area contributed by atoms with Crippen molar-refractivity contribution in [1.82, 2.24) is 4.90 Å². The number of methoxy groups -OCH3 is 1. The van der Waals surface area contributed by atoms with Crippen LogP contribution in [0, 0.1) is 5.92 Å². The number of ether oxygens (including phenoxy) is 1. The molecule has 1 saturated heterocycles. The Morgan fingerprint density at radius 1 is 1.50 bits per heavy atom. The normalized spacial score (nSPS) is 20.0. The highest BCUT2D eigenvalue weighted by Crippen LogP contribution is 2.15. The first-order valence-electron chi connectivity index (χ1n) is 7.37. The Kier molecular flexibility index (Phi) is 5.27. The summed E-state index contributed by atoms with van der Waals surface area (Å²) < 4.78 is 5.22. The number of guanidine groups is 1. The maximum Gasteiger partial charge on any atom is 0.191 e. The van der Waals surface area contributed by atoms with Crippen LogP contribution in [0.3, 0.4) is 0 Å². The molecule has 2 rings (SSSR count). The highest BCUT2D eigenvalue weighted by Gasteiger charge is 2.17. The van der Waals surface area contributed by atoms with E-state index in [1.54, 1.807) is 7.11 Å². The number of nitrogens with two attached hydrogens (primary N) is 1. The summed E-state index contributed by atoms with van der Waals surface area (Å²) in [7, 11) is 1.69. The number of likely N-dealkylation sites (tertiary alicyclic amines) is 1. The third kappa shape index (κ3) is 4.15. The summed E-state index contributed by atoms with van der Waals surface area (Å²) in [6.07, 6.45) is 3.40. The van der Waals surface area contributed by atoms with Gasteiger partial charge in [0.25, 0.3) is 0 Å². The fraction of sp³-hybridized carbons (Fsp3) is 0.562. The fourth-order valence-electron chi connectivity index (χ4n) is 2.63. The lowest BCUT2D eigenvalue weighted by atomic mass is 10.0. The van der Waals surface area contributed by atoms with Crippen molar-refractivity contribution in [2.75, 3.05) is 26.7 Å². The zero-order valence-electron chi connectivity index (χ0n) is 12.5. The van der Waals surface area contributed by atoms with Crippen molar-refractivity contribution in [2.45, 2.75) is 26.2 Å². The molecule has 0 spiro atoms. The number of benzene rings is 1. The van der Waals surface area contributed by atoms with Crippen molar-refractivity contribution in [3.8, 4) is 5.75 Å². The molecule has 0 aliphatic carbocycles. The van der Waals surface area contributed by atoms with Crippen molar-refractivity contribution in [1.29, 1.82) is 0 Å². The minimum absolute atomic E-state index is 0.694. The van der Waals surface area contributed by atoms with Crippen LogP contribution in [-0.4, -0.2) is 37.6 Å². The summed E-state index contributed by atoms with van der Waals surface area (Å²) >= 11 is 0. The Hall–Kier alpha value is -1.71. The summed E-state index contributed by atoms with van der Waals surface area (Å²) in [5, 5.41) is 0. The summed E-state index contributed by atoms with van der Waals surface area (Å²) in [6, 6.07) is 8.11. The molecular formula is C16H25N3O. The van der Waals surface area contributed by atoms with Crippen LogP contribution in [0.5, 0.6) is 5.75 Å². The third-order valence-corrected chi connectivity index (χ3v) is 3.79. The lowest BCUT2D eigenvalue weighted by molar-refractivity contribution is 0.270. The highest BCUT2D eigenvalue weighted by molar-refractivity contribution is 5.78. The topological polar surface area (TPSA) is 50.9 Å². The summed E-state index contributed by atoms with van der Waals surface area (Å²) in [5.41, 5.74) is 7.31. The predicted molar refractivity (Wildman–Crippen MR) is 83.2 cm³/mol. The van der Waals surface area contributed by atoms with E-state index in [9.17, 15) is 0 Å². The van der Waals surface area contributed by atoms with Gasteiger partial charge in [-0.25, -0.2) is 0 Å². The van der Waals surface area contributed by atoms with Crippen molar-refractivity contribution < 1.29 is 4.74 Å². The smallest absolute Gasteiger partial charge is 0.191 e. The monoisotopic (exact) mass is 275 g/mol. The number of hydrogen-bond donors (Lipinski definition) is 1. The molecule has 1 fully saturated rings. The first kappa shape index (κ1) is 14.7. The standard InChI is InChI=1S/C16H25N3O/c1-13-5-4-10-19(12-13)16(17)18-9-8-14-6-3-7-15(11-14)20-2/h3,6-7,11,13H,4-5,8-10,12H2,1-2H3,(H2,17,18). The van der Waals surface area contributed by atoms with E-state index in [0.29, 0.717) is 5.96 Å². The van der Waals surface area contributed by atoms with Gasteiger partial charge in [-0.05, 0) is 42.9 Å². The maximum atomic E-state index is 6.08. The van der Waals surface area contributed by atoms with Crippen LogP contribution in [0.2, 0.25) is 0 Å². The third-order valence-electron chi connectivity index (χ3n) is 3.79. The Morgan fingerprint density at radius 2 is 2.35 bits per heavy atom. The molecular weight excluding hydrogens is 250 g/mol. The second-order valence-electron chi connectivity index (χ2n) is 5.53. The molecule has 1 aromatic carbocycles. The lowest BCUT2D eigenvalue weighted by Crippen LogP contribution is -2.43. The zero-order valence-corrected chi connectivity index (χ0v) is 12.5. The number of rotatable bonds is 4. The first-order valence-corrected chi connectivity index (χ1v) is 7.37. The molecule has 4 nitrogen and oxygen atoms in total. The fourth-order valence-corrected chi connectivity index (χ4v) is 2.63. The van der Waals surface area contributed by atoms with E-state index in [1.165, 1.54) is 18.4 Å². The van der Waals surface area contributed by atoms with Gasteiger partial charge in [0.1, 0.15) is 5.75 Å². The molecule has 1 atom stereocenters. The molecule has 1 unspecified atom stereocenters. The molecule has 0 saturated carbocycles. The molecule has 0 amide bonds. The first-order chi connectivity index (χ1) is 9.69. The largest absolute Gasteiger partial charge is 0.497 e. The van der Waals surface area contributed by atoms with Gasteiger partial charge in [-0.15, -0.1) is 0 Å². The van der Waals surface area contributed by atoms with Gasteiger partial charge in [0.05, 0.1) is 7.11 Å². The van der Waals surface area contributed by atoms with Crippen LogP contribution in [0.15, 0.2) is 29.3 Å². The van der Waals surface area contributed by atoms with E-state index < -0.39 is 0 Å². The molecule has 1 aliphatic rings. The predicted octanol–water partition coefficient (Wildman–Crippen LogP) is 2.28. The van der Waals surface area contributed by atoms with Gasteiger partial charge < -0.3 is 15.4 Å². The van der Waals surface area contributed by atoms with E-state index in [0.717, 1.165) is 37.7 Å². The number of nitrogens with zero attached hydrogens (tertiary/aromatic N) is 2. The van der Waals surface area contributed by atoms with E-state index >= 15 is 0 Å². The molecule has 4 heteroatoms. The van der Waals surface area contributed by atoms with Gasteiger partial charge >= 0.3 is 0 Å². The molecule has 110 valence electrons. The van der Waals surface area contributed by atoms with Crippen molar-refractivity contribution in [3.63, 3.8) is 0 Å².